The zero-order valence-corrected chi connectivity index (χ0v) is 9.70. The van der Waals surface area contributed by atoms with E-state index < -0.39 is 19.2 Å². The van der Waals surface area contributed by atoms with Gasteiger partial charge in [-0.05, 0) is 6.42 Å². The number of hydrogen-bond donors (Lipinski definition) is 3. The quantitative estimate of drug-likeness (QED) is 0.635. The van der Waals surface area contributed by atoms with Crippen molar-refractivity contribution in [3.05, 3.63) is 0 Å². The molecule has 14 heavy (non-hydrogen) atoms. The summed E-state index contributed by atoms with van der Waals surface area (Å²) < 4.78 is 10.3. The molecule has 0 aliphatic carbocycles. The predicted octanol–water partition coefficient (Wildman–Crippen LogP) is 1.83. The first-order chi connectivity index (χ1) is 6.31. The minimum atomic E-state index is -4.43. The number of aliphatic carboxylic acids is 1. The number of unbranched alkanes of at least 4 members (excludes halogenated alkanes) is 1. The summed E-state index contributed by atoms with van der Waals surface area (Å²) in [5, 5.41) is 8.22. The Hall–Kier alpha value is -0.380. The molecule has 0 radical (unpaired) electrons. The Morgan fingerprint density at radius 1 is 1.21 bits per heavy atom. The highest BCUT2D eigenvalue weighted by atomic mass is 31.2. The summed E-state index contributed by atoms with van der Waals surface area (Å²) in [6.07, 6.45) is 2.58. The van der Waals surface area contributed by atoms with Crippen LogP contribution in [0, 0.1) is 0 Å². The Morgan fingerprint density at radius 2 is 1.57 bits per heavy atom. The molecule has 0 aliphatic rings. The topological polar surface area (TPSA) is 94.8 Å². The molecule has 0 fully saturated rings. The average molecular weight is 226 g/mol. The van der Waals surface area contributed by atoms with Crippen LogP contribution in [0.15, 0.2) is 0 Å². The van der Waals surface area contributed by atoms with E-state index in [0.717, 1.165) is 0 Å². The molecular weight excluding hydrogens is 207 g/mol. The van der Waals surface area contributed by atoms with Crippen LogP contribution in [0.4, 0.5) is 0 Å². The van der Waals surface area contributed by atoms with Gasteiger partial charge in [-0.1, -0.05) is 33.6 Å². The maximum atomic E-state index is 10.3. The smallest absolute Gasteiger partial charge is 0.339 e. The van der Waals surface area contributed by atoms with Gasteiger partial charge in [0.1, 0.15) is 0 Å². The minimum Gasteiger partial charge on any atom is -0.481 e. The van der Waals surface area contributed by atoms with Gasteiger partial charge in [-0.3, -0.25) is 9.36 Å². The second-order valence-electron chi connectivity index (χ2n) is 2.85. The normalized spacial score (nSPS) is 12.6. The number of carbonyl (C=O) groups is 1. The second kappa shape index (κ2) is 7.97. The monoisotopic (exact) mass is 226 g/mol. The van der Waals surface area contributed by atoms with E-state index in [-0.39, 0.29) is 6.42 Å². The van der Waals surface area contributed by atoms with E-state index >= 15 is 0 Å². The largest absolute Gasteiger partial charge is 0.481 e. The second-order valence-corrected chi connectivity index (χ2v) is 4.65. The Balaban J connectivity index is 0. The molecule has 1 atom stereocenters. The maximum absolute atomic E-state index is 10.3. The number of rotatable bonds is 4. The Kier molecular flexibility index (Phi) is 9.15. The lowest BCUT2D eigenvalue weighted by Gasteiger charge is -2.10. The number of carboxylic acid groups (broad SMARTS) is 1. The Morgan fingerprint density at radius 3 is 1.57 bits per heavy atom. The first-order valence-corrected chi connectivity index (χ1v) is 6.27. The summed E-state index contributed by atoms with van der Waals surface area (Å²) in [4.78, 5) is 26.8. The Labute approximate surface area is 84.3 Å². The molecule has 0 bridgehead atoms. The fourth-order valence-electron chi connectivity index (χ4n) is 0.556. The molecule has 0 saturated carbocycles. The summed E-state index contributed by atoms with van der Waals surface area (Å²) in [5.74, 6) is -1.45. The van der Waals surface area contributed by atoms with Crippen LogP contribution in [0.3, 0.4) is 0 Å². The molecule has 1 unspecified atom stereocenters. The highest BCUT2D eigenvalue weighted by Crippen LogP contribution is 2.42. The zero-order valence-electron chi connectivity index (χ0n) is 8.80. The van der Waals surface area contributed by atoms with Crippen LogP contribution in [-0.4, -0.2) is 26.5 Å². The number of hydrogen-bond acceptors (Lipinski definition) is 2. The van der Waals surface area contributed by atoms with Crippen LogP contribution < -0.4 is 0 Å². The highest BCUT2D eigenvalue weighted by Gasteiger charge is 2.33. The van der Waals surface area contributed by atoms with Crippen molar-refractivity contribution in [2.75, 3.05) is 0 Å². The molecule has 0 aromatic rings. The lowest BCUT2D eigenvalue weighted by atomic mass is 10.3. The van der Waals surface area contributed by atoms with E-state index in [4.69, 9.17) is 14.9 Å². The minimum absolute atomic E-state index is 0.0559. The van der Waals surface area contributed by atoms with Gasteiger partial charge in [0.05, 0.1) is 0 Å². The lowest BCUT2D eigenvalue weighted by Crippen LogP contribution is -2.18. The van der Waals surface area contributed by atoms with Gasteiger partial charge in [0.15, 0.2) is 5.66 Å². The van der Waals surface area contributed by atoms with Gasteiger partial charge in [0.2, 0.25) is 0 Å². The van der Waals surface area contributed by atoms with Crippen molar-refractivity contribution in [2.45, 2.75) is 45.7 Å². The van der Waals surface area contributed by atoms with Crippen LogP contribution in [0.5, 0.6) is 0 Å². The molecule has 3 N–H and O–H groups in total. The average Bonchev–Trinajstić information content (AvgIpc) is 2.02. The first kappa shape index (κ1) is 16.1. The van der Waals surface area contributed by atoms with E-state index in [1.165, 1.54) is 19.8 Å². The van der Waals surface area contributed by atoms with Crippen LogP contribution in [0.25, 0.3) is 0 Å². The zero-order chi connectivity index (χ0) is 11.8. The molecule has 86 valence electrons. The fourth-order valence-corrected chi connectivity index (χ4v) is 1.32. The summed E-state index contributed by atoms with van der Waals surface area (Å²) in [7, 11) is -4.43. The van der Waals surface area contributed by atoms with Crippen LogP contribution in [0.2, 0.25) is 0 Å². The van der Waals surface area contributed by atoms with Gasteiger partial charge in [-0.15, -0.1) is 0 Å². The summed E-state index contributed by atoms with van der Waals surface area (Å²) >= 11 is 0. The Bertz CT molecular complexity index is 196. The molecular formula is C8H19O5P. The fraction of sp³-hybridized carbons (Fsp3) is 0.875. The van der Waals surface area contributed by atoms with Crippen LogP contribution in [0.1, 0.15) is 40.0 Å². The SMILES string of the molecule is CCC(C(=O)O)P(=O)(O)O.CCCC. The lowest BCUT2D eigenvalue weighted by molar-refractivity contribution is -0.136. The van der Waals surface area contributed by atoms with Crippen molar-refractivity contribution in [3.63, 3.8) is 0 Å². The van der Waals surface area contributed by atoms with Crippen molar-refractivity contribution in [1.82, 2.24) is 0 Å². The molecule has 5 nitrogen and oxygen atoms in total. The third kappa shape index (κ3) is 8.23. The van der Waals surface area contributed by atoms with E-state index in [1.54, 1.807) is 0 Å². The van der Waals surface area contributed by atoms with E-state index in [0.29, 0.717) is 0 Å². The van der Waals surface area contributed by atoms with E-state index in [2.05, 4.69) is 13.8 Å². The van der Waals surface area contributed by atoms with Gasteiger partial charge in [-0.2, -0.15) is 0 Å². The molecule has 0 amide bonds. The summed E-state index contributed by atoms with van der Waals surface area (Å²) in [6, 6.07) is 0. The number of carboxylic acids is 1. The van der Waals surface area contributed by atoms with Crippen molar-refractivity contribution in [2.24, 2.45) is 0 Å². The van der Waals surface area contributed by atoms with E-state index in [9.17, 15) is 9.36 Å². The third-order valence-corrected chi connectivity index (χ3v) is 2.98. The molecule has 0 spiro atoms. The van der Waals surface area contributed by atoms with Crippen molar-refractivity contribution < 1.29 is 24.3 Å². The van der Waals surface area contributed by atoms with Gasteiger partial charge < -0.3 is 14.9 Å². The van der Waals surface area contributed by atoms with Gasteiger partial charge in [-0.25, -0.2) is 0 Å². The summed E-state index contributed by atoms with van der Waals surface area (Å²) in [5.41, 5.74) is -1.55. The molecule has 0 rings (SSSR count). The maximum Gasteiger partial charge on any atom is 0.339 e. The van der Waals surface area contributed by atoms with Crippen molar-refractivity contribution in [3.8, 4) is 0 Å². The molecule has 0 saturated heterocycles. The van der Waals surface area contributed by atoms with Gasteiger partial charge in [0.25, 0.3) is 0 Å². The van der Waals surface area contributed by atoms with Crippen molar-refractivity contribution in [1.29, 1.82) is 0 Å². The predicted molar refractivity (Wildman–Crippen MR) is 54.3 cm³/mol. The molecule has 0 aliphatic heterocycles. The standard InChI is InChI=1S/C4H9O5P.C4H10/c1-2-3(4(5)6)10(7,8)9;1-3-4-2/h3H,2H2,1H3,(H,5,6)(H2,7,8,9);3-4H2,1-2H3. The summed E-state index contributed by atoms with van der Waals surface area (Å²) in [6.45, 7) is 5.78. The molecule has 0 aromatic carbocycles. The molecule has 6 heteroatoms. The first-order valence-electron chi connectivity index (χ1n) is 4.59. The highest BCUT2D eigenvalue weighted by molar-refractivity contribution is 7.53. The third-order valence-electron chi connectivity index (χ3n) is 1.58. The van der Waals surface area contributed by atoms with Crippen LogP contribution in [-0.2, 0) is 9.36 Å². The van der Waals surface area contributed by atoms with Crippen LogP contribution >= 0.6 is 7.60 Å². The molecule has 0 heterocycles. The van der Waals surface area contributed by atoms with E-state index in [1.807, 2.05) is 0 Å². The van der Waals surface area contributed by atoms with Gasteiger partial charge >= 0.3 is 13.6 Å². The molecule has 0 aromatic heterocycles. The van der Waals surface area contributed by atoms with Crippen molar-refractivity contribution >= 4 is 13.6 Å². The van der Waals surface area contributed by atoms with Gasteiger partial charge in [0, 0.05) is 0 Å².